The second kappa shape index (κ2) is 43.8. The van der Waals surface area contributed by atoms with Gasteiger partial charge in [-0.2, -0.15) is 5.26 Å². The fraction of sp³-hybridized carbons (Fsp3) is 0.894. The molecule has 0 bridgehead atoms. The Hall–Kier alpha value is -1.84. The Bertz CT molecular complexity index is 1040. The van der Waals surface area contributed by atoms with Crippen molar-refractivity contribution in [1.29, 1.82) is 5.26 Å². The SMILES string of the molecule is CCCCCCCCCCCCC/C=C/[C@@H](OC(=O)NCCCCCCOP(OCCC#N)N(C(C)C)C(C)C)[C@@H](N)COC(=O)CCCCCCCCCNCCCN. The summed E-state index contributed by atoms with van der Waals surface area (Å²) in [6.07, 6.45) is 30.9. The van der Waals surface area contributed by atoms with Crippen molar-refractivity contribution in [3.63, 3.8) is 0 Å². The third-order valence-corrected chi connectivity index (χ3v) is 12.5. The molecule has 13 heteroatoms. The third kappa shape index (κ3) is 36.8. The van der Waals surface area contributed by atoms with Crippen LogP contribution in [0.5, 0.6) is 0 Å². The first-order valence-corrected chi connectivity index (χ1v) is 25.4. The van der Waals surface area contributed by atoms with E-state index in [-0.39, 0.29) is 24.7 Å². The minimum absolute atomic E-state index is 0.00139. The molecule has 0 heterocycles. The average Bonchev–Trinajstić information content (AvgIpc) is 3.22. The number of ether oxygens (including phenoxy) is 2. The standard InChI is InChI=1S/C47H93N6O6P/c1-6-7-8-9-10-11-12-13-14-15-17-20-25-32-45(44(50)41-56-46(54)33-26-21-18-16-19-22-27-36-51-37-30-34-48)59-47(55)52-38-28-23-24-29-39-57-60(58-40-31-35-49)53(42(2)3)43(4)5/h25,32,42-45,51H,6-24,26-31,33-34,36-41,48,50H2,1-5H3,(H,52,55)/b32-25+/t44-,45+,60?/m0/s1. The fourth-order valence-corrected chi connectivity index (χ4v) is 8.56. The number of carbonyl (C=O) groups excluding carboxylic acids is 2. The van der Waals surface area contributed by atoms with Gasteiger partial charge in [0.2, 0.25) is 0 Å². The van der Waals surface area contributed by atoms with E-state index in [1.165, 1.54) is 89.9 Å². The number of nitrogens with zero attached hydrogens (tertiary/aromatic N) is 2. The molecule has 0 saturated carbocycles. The monoisotopic (exact) mass is 869 g/mol. The van der Waals surface area contributed by atoms with Crippen molar-refractivity contribution >= 4 is 20.6 Å². The van der Waals surface area contributed by atoms with Crippen molar-refractivity contribution in [2.75, 3.05) is 46.0 Å². The summed E-state index contributed by atoms with van der Waals surface area (Å²) in [7, 11) is -1.23. The van der Waals surface area contributed by atoms with Gasteiger partial charge in [0.15, 0.2) is 0 Å². The number of nitriles is 1. The molecule has 60 heavy (non-hydrogen) atoms. The molecule has 1 unspecified atom stereocenters. The number of nitrogens with one attached hydrogen (secondary N) is 2. The lowest BCUT2D eigenvalue weighted by molar-refractivity contribution is -0.144. The molecule has 0 spiro atoms. The largest absolute Gasteiger partial charge is 0.464 e. The molecule has 0 aromatic carbocycles. The summed E-state index contributed by atoms with van der Waals surface area (Å²) in [6.45, 7) is 15.0. The number of carbonyl (C=O) groups is 2. The predicted molar refractivity (Wildman–Crippen MR) is 251 cm³/mol. The van der Waals surface area contributed by atoms with E-state index in [9.17, 15) is 9.59 Å². The molecule has 0 aliphatic rings. The van der Waals surface area contributed by atoms with E-state index in [2.05, 4.69) is 62.1 Å². The normalized spacial score (nSPS) is 13.3. The fourth-order valence-electron chi connectivity index (χ4n) is 6.93. The van der Waals surface area contributed by atoms with Gasteiger partial charge in [-0.15, -0.1) is 0 Å². The Morgan fingerprint density at radius 1 is 0.717 bits per heavy atom. The molecule has 0 aromatic rings. The number of alkyl carbamates (subject to hydrolysis) is 1. The van der Waals surface area contributed by atoms with Crippen LogP contribution >= 0.6 is 8.53 Å². The molecular weight excluding hydrogens is 776 g/mol. The Balaban J connectivity index is 4.68. The minimum Gasteiger partial charge on any atom is -0.464 e. The maximum Gasteiger partial charge on any atom is 0.407 e. The van der Waals surface area contributed by atoms with E-state index in [1.54, 1.807) is 0 Å². The van der Waals surface area contributed by atoms with Crippen molar-refractivity contribution in [3.8, 4) is 6.07 Å². The van der Waals surface area contributed by atoms with Crippen LogP contribution in [0.1, 0.15) is 202 Å². The first kappa shape index (κ1) is 58.2. The minimum atomic E-state index is -1.23. The van der Waals surface area contributed by atoms with Gasteiger partial charge in [0, 0.05) is 25.0 Å². The van der Waals surface area contributed by atoms with Gasteiger partial charge in [0.1, 0.15) is 12.7 Å². The number of allylic oxidation sites excluding steroid dienone is 1. The molecule has 0 saturated heterocycles. The summed E-state index contributed by atoms with van der Waals surface area (Å²) in [4.78, 5) is 25.4. The highest BCUT2D eigenvalue weighted by atomic mass is 31.2. The van der Waals surface area contributed by atoms with Crippen LogP contribution in [0.4, 0.5) is 4.79 Å². The van der Waals surface area contributed by atoms with Crippen LogP contribution < -0.4 is 22.1 Å². The number of rotatable bonds is 44. The smallest absolute Gasteiger partial charge is 0.407 e. The molecule has 0 aliphatic carbocycles. The molecule has 0 radical (unpaired) electrons. The molecule has 0 rings (SSSR count). The number of hydrogen-bond acceptors (Lipinski definition) is 11. The van der Waals surface area contributed by atoms with E-state index < -0.39 is 26.8 Å². The predicted octanol–water partition coefficient (Wildman–Crippen LogP) is 11.1. The van der Waals surface area contributed by atoms with Crippen LogP contribution in [0, 0.1) is 11.3 Å². The molecular formula is C47H93N6O6P. The van der Waals surface area contributed by atoms with Gasteiger partial charge in [-0.3, -0.25) is 4.79 Å². The lowest BCUT2D eigenvalue weighted by atomic mass is 10.0. The number of esters is 1. The highest BCUT2D eigenvalue weighted by Crippen LogP contribution is 2.46. The molecule has 6 N–H and O–H groups in total. The maximum absolute atomic E-state index is 12.9. The van der Waals surface area contributed by atoms with Crippen molar-refractivity contribution in [1.82, 2.24) is 15.3 Å². The average molecular weight is 869 g/mol. The van der Waals surface area contributed by atoms with E-state index in [4.69, 9.17) is 35.3 Å². The summed E-state index contributed by atoms with van der Waals surface area (Å²) >= 11 is 0. The topological polar surface area (TPSA) is 174 Å². The first-order chi connectivity index (χ1) is 29.2. The van der Waals surface area contributed by atoms with Gasteiger partial charge < -0.3 is 40.6 Å². The van der Waals surface area contributed by atoms with Crippen LogP contribution in [0.3, 0.4) is 0 Å². The van der Waals surface area contributed by atoms with E-state index >= 15 is 0 Å². The second-order valence-electron chi connectivity index (χ2n) is 16.8. The molecule has 12 nitrogen and oxygen atoms in total. The molecule has 1 amide bonds. The van der Waals surface area contributed by atoms with Gasteiger partial charge in [-0.25, -0.2) is 9.46 Å². The van der Waals surface area contributed by atoms with Crippen LogP contribution in [-0.2, 0) is 23.3 Å². The number of nitrogens with two attached hydrogens (primary N) is 2. The Kier molecular flexibility index (Phi) is 42.5. The zero-order chi connectivity index (χ0) is 44.3. The van der Waals surface area contributed by atoms with Crippen LogP contribution in [0.25, 0.3) is 0 Å². The van der Waals surface area contributed by atoms with E-state index in [0.717, 1.165) is 83.8 Å². The lowest BCUT2D eigenvalue weighted by Crippen LogP contribution is -2.43. The lowest BCUT2D eigenvalue weighted by Gasteiger charge is -2.35. The van der Waals surface area contributed by atoms with E-state index in [0.29, 0.717) is 32.6 Å². The number of unbranched alkanes of at least 4 members (excludes halogenated alkanes) is 20. The highest BCUT2D eigenvalue weighted by molar-refractivity contribution is 7.44. The van der Waals surface area contributed by atoms with Crippen molar-refractivity contribution in [2.24, 2.45) is 11.5 Å². The Morgan fingerprint density at radius 3 is 1.85 bits per heavy atom. The summed E-state index contributed by atoms with van der Waals surface area (Å²) in [6, 6.07) is 2.01. The van der Waals surface area contributed by atoms with Gasteiger partial charge in [0.05, 0.1) is 31.7 Å². The van der Waals surface area contributed by atoms with Crippen molar-refractivity contribution < 1.29 is 28.1 Å². The highest BCUT2D eigenvalue weighted by Gasteiger charge is 2.27. The van der Waals surface area contributed by atoms with Crippen molar-refractivity contribution in [3.05, 3.63) is 12.2 Å². The van der Waals surface area contributed by atoms with Crippen LogP contribution in [-0.4, -0.2) is 87.0 Å². The second-order valence-corrected chi connectivity index (χ2v) is 18.3. The molecule has 3 atom stereocenters. The van der Waals surface area contributed by atoms with Crippen LogP contribution in [0.2, 0.25) is 0 Å². The quantitative estimate of drug-likeness (QED) is 0.0199. The van der Waals surface area contributed by atoms with Gasteiger partial charge in [-0.1, -0.05) is 122 Å². The maximum atomic E-state index is 12.9. The van der Waals surface area contributed by atoms with E-state index in [1.807, 2.05) is 6.08 Å². The molecule has 352 valence electrons. The Morgan fingerprint density at radius 2 is 1.25 bits per heavy atom. The number of hydrogen-bond donors (Lipinski definition) is 4. The molecule has 0 aliphatic heterocycles. The van der Waals surface area contributed by atoms with Gasteiger partial charge in [-0.05, 0) is 98.4 Å². The summed E-state index contributed by atoms with van der Waals surface area (Å²) in [5.41, 5.74) is 12.0. The summed E-state index contributed by atoms with van der Waals surface area (Å²) in [5.74, 6) is -0.257. The van der Waals surface area contributed by atoms with Gasteiger partial charge in [0.25, 0.3) is 8.53 Å². The summed E-state index contributed by atoms with van der Waals surface area (Å²) in [5, 5.41) is 15.2. The number of amides is 1. The zero-order valence-corrected chi connectivity index (χ0v) is 40.1. The van der Waals surface area contributed by atoms with Crippen molar-refractivity contribution in [2.45, 2.75) is 226 Å². The molecule has 0 aromatic heterocycles. The molecule has 0 fully saturated rings. The Labute approximate surface area is 369 Å². The first-order valence-electron chi connectivity index (χ1n) is 24.3. The van der Waals surface area contributed by atoms with Crippen LogP contribution in [0.15, 0.2) is 12.2 Å². The summed E-state index contributed by atoms with van der Waals surface area (Å²) < 4.78 is 25.7. The van der Waals surface area contributed by atoms with Gasteiger partial charge >= 0.3 is 12.1 Å². The third-order valence-electron chi connectivity index (χ3n) is 10.4. The zero-order valence-electron chi connectivity index (χ0n) is 39.2.